The van der Waals surface area contributed by atoms with Gasteiger partial charge in [0.2, 0.25) is 0 Å². The second kappa shape index (κ2) is 5.77. The van der Waals surface area contributed by atoms with Gasteiger partial charge in [-0.15, -0.1) is 0 Å². The molecular weight excluding hydrogens is 212 g/mol. The van der Waals surface area contributed by atoms with Crippen LogP contribution in [0, 0.1) is 0 Å². The van der Waals surface area contributed by atoms with Crippen LogP contribution in [0.4, 0.5) is 5.82 Å². The van der Waals surface area contributed by atoms with Crippen molar-refractivity contribution in [2.45, 2.75) is 11.6 Å². The van der Waals surface area contributed by atoms with Crippen molar-refractivity contribution in [3.63, 3.8) is 0 Å². The second-order valence-corrected chi connectivity index (χ2v) is 4.56. The lowest BCUT2D eigenvalue weighted by Crippen LogP contribution is -2.14. The van der Waals surface area contributed by atoms with E-state index in [2.05, 4.69) is 14.9 Å². The number of nitrogens with zero attached hydrogens (tertiary/aromatic N) is 2. The smallest absolute Gasteiger partial charge is 0.253 e. The Morgan fingerprint density at radius 2 is 2.33 bits per heavy atom. The number of nitrogen functional groups attached to an aromatic ring is 1. The molecular formula is C9H16N4OS. The molecule has 0 spiro atoms. The van der Waals surface area contributed by atoms with Crippen LogP contribution in [0.1, 0.15) is 6.42 Å². The molecule has 0 fully saturated rings. The number of aromatic amines is 1. The summed E-state index contributed by atoms with van der Waals surface area (Å²) < 4.78 is 0. The molecule has 15 heavy (non-hydrogen) atoms. The molecule has 0 saturated heterocycles. The molecule has 0 radical (unpaired) electrons. The average Bonchev–Trinajstić information content (AvgIpc) is 2.10. The van der Waals surface area contributed by atoms with Crippen molar-refractivity contribution >= 4 is 17.6 Å². The van der Waals surface area contributed by atoms with Crippen LogP contribution < -0.4 is 11.3 Å². The van der Waals surface area contributed by atoms with Crippen LogP contribution in [0.3, 0.4) is 0 Å². The molecule has 3 N–H and O–H groups in total. The lowest BCUT2D eigenvalue weighted by molar-refractivity contribution is 0.410. The first-order valence-corrected chi connectivity index (χ1v) is 5.71. The monoisotopic (exact) mass is 228 g/mol. The van der Waals surface area contributed by atoms with Gasteiger partial charge in [0, 0.05) is 11.8 Å². The molecule has 0 aliphatic heterocycles. The summed E-state index contributed by atoms with van der Waals surface area (Å²) in [6.45, 7) is 1.03. The van der Waals surface area contributed by atoms with Gasteiger partial charge in [0.05, 0.1) is 0 Å². The first kappa shape index (κ1) is 12.1. The van der Waals surface area contributed by atoms with Gasteiger partial charge in [-0.2, -0.15) is 0 Å². The van der Waals surface area contributed by atoms with Crippen LogP contribution in [0.15, 0.2) is 16.0 Å². The molecule has 0 aliphatic rings. The summed E-state index contributed by atoms with van der Waals surface area (Å²) in [6.07, 6.45) is 1.05. The van der Waals surface area contributed by atoms with Crippen molar-refractivity contribution in [3.05, 3.63) is 16.4 Å². The van der Waals surface area contributed by atoms with Crippen molar-refractivity contribution in [1.29, 1.82) is 0 Å². The highest BCUT2D eigenvalue weighted by Gasteiger charge is 1.99. The predicted octanol–water partition coefficient (Wildman–Crippen LogP) is 0.396. The van der Waals surface area contributed by atoms with E-state index in [1.165, 1.54) is 17.8 Å². The van der Waals surface area contributed by atoms with Gasteiger partial charge in [0.1, 0.15) is 5.82 Å². The standard InChI is InChI=1S/C9H16N4OS/c1-13(2)4-3-5-15-9-11-7(10)6-8(14)12-9/h6H,3-5H2,1-2H3,(H3,10,11,12,14). The Bertz CT molecular complexity index is 363. The molecule has 0 aromatic carbocycles. The van der Waals surface area contributed by atoms with Gasteiger partial charge in [-0.25, -0.2) is 4.98 Å². The van der Waals surface area contributed by atoms with E-state index in [0.29, 0.717) is 5.16 Å². The minimum absolute atomic E-state index is 0.197. The second-order valence-electron chi connectivity index (χ2n) is 3.48. The van der Waals surface area contributed by atoms with E-state index in [4.69, 9.17) is 5.73 Å². The van der Waals surface area contributed by atoms with E-state index in [-0.39, 0.29) is 11.4 Å². The number of nitrogens with two attached hydrogens (primary N) is 1. The first-order valence-electron chi connectivity index (χ1n) is 4.72. The zero-order chi connectivity index (χ0) is 11.3. The number of H-pyrrole nitrogens is 1. The Labute approximate surface area is 93.1 Å². The fraction of sp³-hybridized carbons (Fsp3) is 0.556. The third-order valence-corrected chi connectivity index (χ3v) is 2.69. The van der Waals surface area contributed by atoms with Crippen molar-refractivity contribution in [3.8, 4) is 0 Å². The lowest BCUT2D eigenvalue weighted by atomic mass is 10.5. The molecule has 0 amide bonds. The van der Waals surface area contributed by atoms with Gasteiger partial charge in [-0.1, -0.05) is 11.8 Å². The van der Waals surface area contributed by atoms with Crippen LogP contribution in [0.2, 0.25) is 0 Å². The third kappa shape index (κ3) is 4.85. The van der Waals surface area contributed by atoms with E-state index in [1.807, 2.05) is 14.1 Å². The molecule has 1 heterocycles. The van der Waals surface area contributed by atoms with Gasteiger partial charge in [0.15, 0.2) is 5.16 Å². The number of hydrogen-bond acceptors (Lipinski definition) is 5. The normalized spacial score (nSPS) is 10.9. The summed E-state index contributed by atoms with van der Waals surface area (Å²) in [6, 6.07) is 1.28. The van der Waals surface area contributed by atoms with Crippen molar-refractivity contribution in [2.24, 2.45) is 0 Å². The Hall–Kier alpha value is -1.01. The van der Waals surface area contributed by atoms with E-state index >= 15 is 0 Å². The molecule has 0 unspecified atom stereocenters. The van der Waals surface area contributed by atoms with Gasteiger partial charge >= 0.3 is 0 Å². The molecule has 6 heteroatoms. The fourth-order valence-electron chi connectivity index (χ4n) is 1.07. The maximum absolute atomic E-state index is 11.1. The largest absolute Gasteiger partial charge is 0.383 e. The van der Waals surface area contributed by atoms with Crippen LogP contribution in [-0.2, 0) is 0 Å². The molecule has 1 aromatic heterocycles. The summed E-state index contributed by atoms with van der Waals surface area (Å²) in [7, 11) is 4.07. The van der Waals surface area contributed by atoms with E-state index in [9.17, 15) is 4.79 Å². The molecule has 1 aromatic rings. The first-order chi connectivity index (χ1) is 7.08. The summed E-state index contributed by atoms with van der Waals surface area (Å²) in [5, 5.41) is 0.596. The number of nitrogens with one attached hydrogen (secondary N) is 1. The van der Waals surface area contributed by atoms with Crippen molar-refractivity contribution in [2.75, 3.05) is 32.1 Å². The Morgan fingerprint density at radius 1 is 1.60 bits per heavy atom. The van der Waals surface area contributed by atoms with Crippen molar-refractivity contribution in [1.82, 2.24) is 14.9 Å². The number of aromatic nitrogens is 2. The van der Waals surface area contributed by atoms with E-state index < -0.39 is 0 Å². The molecule has 0 saturated carbocycles. The lowest BCUT2D eigenvalue weighted by Gasteiger charge is -2.08. The molecule has 0 aliphatic carbocycles. The summed E-state index contributed by atoms with van der Waals surface area (Å²) in [5.41, 5.74) is 5.26. The minimum Gasteiger partial charge on any atom is -0.383 e. The molecule has 1 rings (SSSR count). The number of anilines is 1. The highest BCUT2D eigenvalue weighted by Crippen LogP contribution is 2.12. The van der Waals surface area contributed by atoms with Gasteiger partial charge < -0.3 is 15.6 Å². The maximum Gasteiger partial charge on any atom is 0.253 e. The van der Waals surface area contributed by atoms with Crippen LogP contribution >= 0.6 is 11.8 Å². The van der Waals surface area contributed by atoms with E-state index in [0.717, 1.165) is 18.7 Å². The molecule has 5 nitrogen and oxygen atoms in total. The third-order valence-electron chi connectivity index (χ3n) is 1.73. The summed E-state index contributed by atoms with van der Waals surface area (Å²) in [4.78, 5) is 19.8. The van der Waals surface area contributed by atoms with Gasteiger partial charge in [0.25, 0.3) is 5.56 Å². The van der Waals surface area contributed by atoms with E-state index in [1.54, 1.807) is 0 Å². The number of rotatable bonds is 5. The van der Waals surface area contributed by atoms with Gasteiger partial charge in [-0.3, -0.25) is 4.79 Å². The predicted molar refractivity (Wildman–Crippen MR) is 63.2 cm³/mol. The fourth-order valence-corrected chi connectivity index (χ4v) is 1.88. The molecule has 84 valence electrons. The van der Waals surface area contributed by atoms with Gasteiger partial charge in [-0.05, 0) is 27.1 Å². The molecule has 0 bridgehead atoms. The average molecular weight is 228 g/mol. The Balaban J connectivity index is 2.40. The summed E-state index contributed by atoms with van der Waals surface area (Å²) >= 11 is 1.52. The minimum atomic E-state index is -0.197. The summed E-state index contributed by atoms with van der Waals surface area (Å²) in [5.74, 6) is 1.19. The Kier molecular flexibility index (Phi) is 4.64. The SMILES string of the molecule is CN(C)CCCSc1nc(N)cc(=O)[nH]1. The van der Waals surface area contributed by atoms with Crippen LogP contribution in [0.25, 0.3) is 0 Å². The highest BCUT2D eigenvalue weighted by atomic mass is 32.2. The zero-order valence-corrected chi connectivity index (χ0v) is 9.80. The zero-order valence-electron chi connectivity index (χ0n) is 8.99. The van der Waals surface area contributed by atoms with Crippen LogP contribution in [0.5, 0.6) is 0 Å². The maximum atomic E-state index is 11.1. The molecule has 0 atom stereocenters. The van der Waals surface area contributed by atoms with Crippen LogP contribution in [-0.4, -0.2) is 41.3 Å². The number of hydrogen-bond donors (Lipinski definition) is 2. The quantitative estimate of drug-likeness (QED) is 0.433. The topological polar surface area (TPSA) is 75.0 Å². The number of thioether (sulfide) groups is 1. The van der Waals surface area contributed by atoms with Crippen molar-refractivity contribution < 1.29 is 0 Å². The highest BCUT2D eigenvalue weighted by molar-refractivity contribution is 7.99. The Morgan fingerprint density at radius 3 is 2.93 bits per heavy atom.